The fraction of sp³-hybridized carbons (Fsp3) is 0.524. The zero-order chi connectivity index (χ0) is 20.0. The summed E-state index contributed by atoms with van der Waals surface area (Å²) in [5.41, 5.74) is 6.91. The smallest absolute Gasteiger partial charge is 0.323 e. The van der Waals surface area contributed by atoms with Crippen molar-refractivity contribution in [1.29, 1.82) is 0 Å². The van der Waals surface area contributed by atoms with Gasteiger partial charge in [-0.25, -0.2) is 0 Å². The van der Waals surface area contributed by atoms with Crippen LogP contribution in [0.5, 0.6) is 0 Å². The lowest BCUT2D eigenvalue weighted by molar-refractivity contribution is -0.146. The van der Waals surface area contributed by atoms with Crippen molar-refractivity contribution >= 4 is 22.7 Å². The van der Waals surface area contributed by atoms with E-state index in [1.807, 2.05) is 49.6 Å². The van der Waals surface area contributed by atoms with E-state index in [1.54, 1.807) is 6.20 Å². The number of Topliss-reactive ketones (excluding diaryl/α,β-unsaturated/α-hetero) is 1. The summed E-state index contributed by atoms with van der Waals surface area (Å²) in [6.07, 6.45) is 3.98. The van der Waals surface area contributed by atoms with Gasteiger partial charge in [0, 0.05) is 29.2 Å². The van der Waals surface area contributed by atoms with Gasteiger partial charge in [-0.2, -0.15) is 0 Å². The summed E-state index contributed by atoms with van der Waals surface area (Å²) in [5.74, 6) is -0.839. The summed E-state index contributed by atoms with van der Waals surface area (Å²) in [6, 6.07) is 6.82. The molecule has 148 valence electrons. The number of esters is 1. The number of nitrogens with zero attached hydrogens (tertiary/aromatic N) is 1. The molecule has 0 aliphatic rings. The highest BCUT2D eigenvalue weighted by molar-refractivity contribution is 6.09. The molecular formula is C21H29FN2O3. The minimum Gasteiger partial charge on any atom is -0.456 e. The van der Waals surface area contributed by atoms with E-state index in [1.165, 1.54) is 0 Å². The third-order valence-electron chi connectivity index (χ3n) is 4.65. The Kier molecular flexibility index (Phi) is 7.13. The average molecular weight is 376 g/mol. The summed E-state index contributed by atoms with van der Waals surface area (Å²) in [4.78, 5) is 24.7. The SMILES string of the molecule is CC(C)(C)[C@@H](N)C(=O)OCC(=O)c1cn(CCCCCF)c2ccccc12. The monoisotopic (exact) mass is 376 g/mol. The molecular weight excluding hydrogens is 347 g/mol. The van der Waals surface area contributed by atoms with Gasteiger partial charge in [-0.15, -0.1) is 0 Å². The highest BCUT2D eigenvalue weighted by Gasteiger charge is 2.29. The molecule has 0 spiro atoms. The molecule has 1 aromatic heterocycles. The second-order valence-corrected chi connectivity index (χ2v) is 7.88. The van der Waals surface area contributed by atoms with E-state index in [4.69, 9.17) is 10.5 Å². The van der Waals surface area contributed by atoms with E-state index in [-0.39, 0.29) is 19.1 Å². The van der Waals surface area contributed by atoms with Crippen LogP contribution in [0, 0.1) is 5.41 Å². The van der Waals surface area contributed by atoms with Crippen LogP contribution >= 0.6 is 0 Å². The molecule has 6 heteroatoms. The molecule has 5 nitrogen and oxygen atoms in total. The number of alkyl halides is 1. The molecule has 27 heavy (non-hydrogen) atoms. The van der Waals surface area contributed by atoms with E-state index in [0.29, 0.717) is 18.5 Å². The van der Waals surface area contributed by atoms with Crippen molar-refractivity contribution in [2.24, 2.45) is 11.1 Å². The maximum atomic E-state index is 12.6. The molecule has 2 rings (SSSR count). The number of unbranched alkanes of at least 4 members (excludes halogenated alkanes) is 2. The first kappa shape index (κ1) is 21.1. The summed E-state index contributed by atoms with van der Waals surface area (Å²) in [7, 11) is 0. The molecule has 1 aromatic carbocycles. The lowest BCUT2D eigenvalue weighted by Gasteiger charge is -2.24. The maximum Gasteiger partial charge on any atom is 0.323 e. The Hall–Kier alpha value is -2.21. The third-order valence-corrected chi connectivity index (χ3v) is 4.65. The van der Waals surface area contributed by atoms with Gasteiger partial charge in [0.25, 0.3) is 0 Å². The first-order valence-corrected chi connectivity index (χ1v) is 9.35. The van der Waals surface area contributed by atoms with Gasteiger partial charge in [0.2, 0.25) is 5.78 Å². The number of rotatable bonds is 9. The number of aryl methyl sites for hydroxylation is 1. The number of halogens is 1. The lowest BCUT2D eigenvalue weighted by atomic mass is 9.87. The van der Waals surface area contributed by atoms with Gasteiger partial charge in [0.05, 0.1) is 6.67 Å². The number of benzene rings is 1. The molecule has 0 saturated heterocycles. The lowest BCUT2D eigenvalue weighted by Crippen LogP contribution is -2.43. The second kappa shape index (κ2) is 9.13. The Balaban J connectivity index is 2.10. The van der Waals surface area contributed by atoms with Gasteiger partial charge in [0.15, 0.2) is 6.61 Å². The predicted molar refractivity (Wildman–Crippen MR) is 104 cm³/mol. The molecule has 2 N–H and O–H groups in total. The molecule has 0 aliphatic carbocycles. The normalized spacial score (nSPS) is 12.9. The topological polar surface area (TPSA) is 74.3 Å². The van der Waals surface area contributed by atoms with Crippen molar-refractivity contribution in [3.63, 3.8) is 0 Å². The minimum atomic E-state index is -0.790. The zero-order valence-corrected chi connectivity index (χ0v) is 16.3. The number of ketones is 1. The van der Waals surface area contributed by atoms with Crippen LogP contribution in [0.2, 0.25) is 0 Å². The van der Waals surface area contributed by atoms with Gasteiger partial charge in [-0.05, 0) is 30.7 Å². The molecule has 0 bridgehead atoms. The maximum absolute atomic E-state index is 12.6. The molecule has 0 amide bonds. The van der Waals surface area contributed by atoms with E-state index in [0.717, 1.165) is 23.7 Å². The van der Waals surface area contributed by atoms with Gasteiger partial charge in [-0.1, -0.05) is 39.0 Å². The minimum absolute atomic E-state index is 0.261. The highest BCUT2D eigenvalue weighted by Crippen LogP contribution is 2.23. The number of hydrogen-bond acceptors (Lipinski definition) is 4. The number of ether oxygens (including phenoxy) is 1. The Labute approximate surface area is 159 Å². The molecule has 0 radical (unpaired) electrons. The van der Waals surface area contributed by atoms with Crippen LogP contribution in [0.3, 0.4) is 0 Å². The Morgan fingerprint density at radius 3 is 2.56 bits per heavy atom. The molecule has 0 saturated carbocycles. The van der Waals surface area contributed by atoms with Gasteiger partial charge in [0.1, 0.15) is 6.04 Å². The van der Waals surface area contributed by atoms with E-state index in [9.17, 15) is 14.0 Å². The fourth-order valence-corrected chi connectivity index (χ4v) is 2.87. The molecule has 0 fully saturated rings. The molecule has 2 aromatic rings. The summed E-state index contributed by atoms with van der Waals surface area (Å²) < 4.78 is 19.4. The van der Waals surface area contributed by atoms with Crippen LogP contribution in [-0.4, -0.2) is 35.6 Å². The number of para-hydroxylation sites is 1. The van der Waals surface area contributed by atoms with Crippen molar-refractivity contribution in [3.05, 3.63) is 36.0 Å². The van der Waals surface area contributed by atoms with Crippen LogP contribution in [0.1, 0.15) is 50.4 Å². The van der Waals surface area contributed by atoms with Crippen molar-refractivity contribution < 1.29 is 18.7 Å². The molecule has 0 unspecified atom stereocenters. The fourth-order valence-electron chi connectivity index (χ4n) is 2.87. The second-order valence-electron chi connectivity index (χ2n) is 7.88. The van der Waals surface area contributed by atoms with Crippen molar-refractivity contribution in [1.82, 2.24) is 4.57 Å². The average Bonchev–Trinajstić information content (AvgIpc) is 3.00. The van der Waals surface area contributed by atoms with Gasteiger partial charge >= 0.3 is 5.97 Å². The van der Waals surface area contributed by atoms with Crippen molar-refractivity contribution in [2.75, 3.05) is 13.3 Å². The Morgan fingerprint density at radius 2 is 1.89 bits per heavy atom. The number of fused-ring (bicyclic) bond motifs is 1. The number of carbonyl (C=O) groups is 2. The Morgan fingerprint density at radius 1 is 1.19 bits per heavy atom. The number of hydrogen-bond donors (Lipinski definition) is 1. The van der Waals surface area contributed by atoms with Crippen LogP contribution in [0.25, 0.3) is 10.9 Å². The Bertz CT molecular complexity index is 792. The molecule has 0 aliphatic heterocycles. The predicted octanol–water partition coefficient (Wildman–Crippen LogP) is 3.88. The number of nitrogens with two attached hydrogens (primary N) is 1. The summed E-state index contributed by atoms with van der Waals surface area (Å²) in [6.45, 7) is 5.60. The third kappa shape index (κ3) is 5.39. The van der Waals surface area contributed by atoms with Crippen LogP contribution in [0.15, 0.2) is 30.5 Å². The van der Waals surface area contributed by atoms with E-state index in [2.05, 4.69) is 0 Å². The van der Waals surface area contributed by atoms with Gasteiger partial charge in [-0.3, -0.25) is 14.0 Å². The van der Waals surface area contributed by atoms with Crippen molar-refractivity contribution in [3.8, 4) is 0 Å². The van der Waals surface area contributed by atoms with Crippen LogP contribution in [-0.2, 0) is 16.1 Å². The van der Waals surface area contributed by atoms with Crippen LogP contribution in [0.4, 0.5) is 4.39 Å². The van der Waals surface area contributed by atoms with E-state index >= 15 is 0 Å². The highest BCUT2D eigenvalue weighted by atomic mass is 19.1. The quantitative estimate of drug-likeness (QED) is 0.409. The van der Waals surface area contributed by atoms with E-state index < -0.39 is 17.4 Å². The van der Waals surface area contributed by atoms with Gasteiger partial charge < -0.3 is 15.0 Å². The number of aromatic nitrogens is 1. The zero-order valence-electron chi connectivity index (χ0n) is 16.3. The molecule has 1 heterocycles. The first-order chi connectivity index (χ1) is 12.8. The molecule has 1 atom stereocenters. The van der Waals surface area contributed by atoms with Crippen LogP contribution < -0.4 is 5.73 Å². The number of carbonyl (C=O) groups excluding carboxylic acids is 2. The largest absolute Gasteiger partial charge is 0.456 e. The summed E-state index contributed by atoms with van der Waals surface area (Å²) in [5, 5.41) is 0.823. The van der Waals surface area contributed by atoms with Crippen molar-refractivity contribution in [2.45, 2.75) is 52.6 Å². The summed E-state index contributed by atoms with van der Waals surface area (Å²) >= 11 is 0. The standard InChI is InChI=1S/C21H29FN2O3/c1-21(2,3)19(23)20(26)27-14-18(25)16-13-24(12-8-4-7-11-22)17-10-6-5-9-15(16)17/h5-6,9-10,13,19H,4,7-8,11-12,14,23H2,1-3H3/t19-/m0/s1. The first-order valence-electron chi connectivity index (χ1n) is 9.35.